The second kappa shape index (κ2) is 4.71. The molecule has 0 radical (unpaired) electrons. The van der Waals surface area contributed by atoms with Crippen LogP contribution in [0.25, 0.3) is 0 Å². The van der Waals surface area contributed by atoms with E-state index in [1.807, 2.05) is 26.0 Å². The Balaban J connectivity index is 2.18. The van der Waals surface area contributed by atoms with E-state index in [2.05, 4.69) is 23.2 Å². The zero-order chi connectivity index (χ0) is 12.4. The molecule has 0 aliphatic rings. The third kappa shape index (κ3) is 2.55. The van der Waals surface area contributed by atoms with Gasteiger partial charge in [0.15, 0.2) is 5.01 Å². The van der Waals surface area contributed by atoms with Gasteiger partial charge in [0, 0.05) is 0 Å². The maximum absolute atomic E-state index is 5.88. The number of rotatable bonds is 3. The lowest BCUT2D eigenvalue weighted by molar-refractivity contribution is 0.224. The van der Waals surface area contributed by atoms with Crippen LogP contribution >= 0.6 is 11.3 Å². The molecule has 0 aliphatic heterocycles. The van der Waals surface area contributed by atoms with Gasteiger partial charge in [-0.2, -0.15) is 0 Å². The van der Waals surface area contributed by atoms with E-state index >= 15 is 0 Å². The molecule has 90 valence electrons. The Kier molecular flexibility index (Phi) is 3.28. The van der Waals surface area contributed by atoms with Crippen LogP contribution in [0.15, 0.2) is 18.2 Å². The van der Waals surface area contributed by atoms with E-state index in [4.69, 9.17) is 10.5 Å². The molecule has 1 aromatic carbocycles. The first kappa shape index (κ1) is 11.9. The Labute approximate surface area is 104 Å². The highest BCUT2D eigenvalue weighted by molar-refractivity contribution is 7.15. The van der Waals surface area contributed by atoms with Gasteiger partial charge in [0.05, 0.1) is 0 Å². The molecule has 2 aromatic rings. The number of aryl methyl sites for hydroxylation is 1. The lowest BCUT2D eigenvalue weighted by Crippen LogP contribution is -2.04. The molecule has 0 bridgehead atoms. The SMILES string of the molecule is Cc1cccc(OC(C)c2nnc(N)s2)c1C. The lowest BCUT2D eigenvalue weighted by Gasteiger charge is -2.14. The minimum Gasteiger partial charge on any atom is -0.483 e. The van der Waals surface area contributed by atoms with Gasteiger partial charge >= 0.3 is 0 Å². The molecule has 0 amide bonds. The summed E-state index contributed by atoms with van der Waals surface area (Å²) >= 11 is 1.36. The second-order valence-electron chi connectivity index (χ2n) is 3.94. The first-order valence-corrected chi connectivity index (χ1v) is 6.21. The zero-order valence-corrected chi connectivity index (χ0v) is 10.9. The fourth-order valence-corrected chi connectivity index (χ4v) is 2.10. The van der Waals surface area contributed by atoms with Crippen LogP contribution in [0.5, 0.6) is 5.75 Å². The molecule has 1 aromatic heterocycles. The molecule has 2 N–H and O–H groups in total. The van der Waals surface area contributed by atoms with Crippen LogP contribution in [-0.4, -0.2) is 10.2 Å². The molecule has 17 heavy (non-hydrogen) atoms. The smallest absolute Gasteiger partial charge is 0.203 e. The largest absolute Gasteiger partial charge is 0.483 e. The van der Waals surface area contributed by atoms with Gasteiger partial charge in [-0.1, -0.05) is 23.5 Å². The minimum atomic E-state index is -0.134. The highest BCUT2D eigenvalue weighted by Crippen LogP contribution is 2.28. The van der Waals surface area contributed by atoms with E-state index in [0.29, 0.717) is 5.13 Å². The third-order valence-electron chi connectivity index (χ3n) is 2.66. The highest BCUT2D eigenvalue weighted by Gasteiger charge is 2.14. The molecule has 0 spiro atoms. The molecular formula is C12H15N3OS. The van der Waals surface area contributed by atoms with Crippen LogP contribution in [0.1, 0.15) is 29.2 Å². The van der Waals surface area contributed by atoms with Crippen LogP contribution in [0, 0.1) is 13.8 Å². The number of anilines is 1. The van der Waals surface area contributed by atoms with Crippen molar-refractivity contribution in [2.24, 2.45) is 0 Å². The topological polar surface area (TPSA) is 61.0 Å². The molecule has 0 saturated heterocycles. The summed E-state index contributed by atoms with van der Waals surface area (Å²) in [5.41, 5.74) is 7.92. The lowest BCUT2D eigenvalue weighted by atomic mass is 10.1. The Bertz CT molecular complexity index is 524. The van der Waals surface area contributed by atoms with Gasteiger partial charge in [-0.05, 0) is 38.0 Å². The summed E-state index contributed by atoms with van der Waals surface area (Å²) in [7, 11) is 0. The normalized spacial score (nSPS) is 12.4. The predicted molar refractivity (Wildman–Crippen MR) is 69.3 cm³/mol. The van der Waals surface area contributed by atoms with E-state index < -0.39 is 0 Å². The molecule has 1 heterocycles. The van der Waals surface area contributed by atoms with Crippen molar-refractivity contribution < 1.29 is 4.74 Å². The van der Waals surface area contributed by atoms with Gasteiger partial charge in [-0.3, -0.25) is 0 Å². The number of hydrogen-bond donors (Lipinski definition) is 1. The van der Waals surface area contributed by atoms with Crippen molar-refractivity contribution in [2.75, 3.05) is 5.73 Å². The highest BCUT2D eigenvalue weighted by atomic mass is 32.1. The van der Waals surface area contributed by atoms with Gasteiger partial charge < -0.3 is 10.5 Å². The van der Waals surface area contributed by atoms with Crippen molar-refractivity contribution in [3.8, 4) is 5.75 Å². The molecule has 1 atom stereocenters. The van der Waals surface area contributed by atoms with Gasteiger partial charge in [-0.25, -0.2) is 0 Å². The fourth-order valence-electron chi connectivity index (χ4n) is 1.50. The van der Waals surface area contributed by atoms with Crippen molar-refractivity contribution in [1.29, 1.82) is 0 Å². The second-order valence-corrected chi connectivity index (χ2v) is 4.98. The Hall–Kier alpha value is -1.62. The number of aromatic nitrogens is 2. The number of nitrogen functional groups attached to an aromatic ring is 1. The van der Waals surface area contributed by atoms with Crippen molar-refractivity contribution >= 4 is 16.5 Å². The van der Waals surface area contributed by atoms with Crippen molar-refractivity contribution in [1.82, 2.24) is 10.2 Å². The van der Waals surface area contributed by atoms with Crippen molar-refractivity contribution in [3.63, 3.8) is 0 Å². The molecule has 0 fully saturated rings. The maximum Gasteiger partial charge on any atom is 0.203 e. The monoisotopic (exact) mass is 249 g/mol. The van der Waals surface area contributed by atoms with Crippen LogP contribution < -0.4 is 10.5 Å². The number of nitrogens with zero attached hydrogens (tertiary/aromatic N) is 2. The Morgan fingerprint density at radius 2 is 2.06 bits per heavy atom. The predicted octanol–water partition coefficient (Wildman–Crippen LogP) is 2.88. The average Bonchev–Trinajstić information content (AvgIpc) is 2.72. The van der Waals surface area contributed by atoms with Gasteiger partial charge in [0.2, 0.25) is 5.13 Å². The molecular weight excluding hydrogens is 234 g/mol. The third-order valence-corrected chi connectivity index (χ3v) is 3.58. The Morgan fingerprint density at radius 3 is 2.71 bits per heavy atom. The van der Waals surface area contributed by atoms with E-state index in [0.717, 1.165) is 16.3 Å². The van der Waals surface area contributed by atoms with Crippen molar-refractivity contribution in [2.45, 2.75) is 26.9 Å². The molecule has 0 saturated carbocycles. The quantitative estimate of drug-likeness (QED) is 0.908. The summed E-state index contributed by atoms with van der Waals surface area (Å²) in [6.07, 6.45) is -0.134. The maximum atomic E-state index is 5.88. The molecule has 2 rings (SSSR count). The van der Waals surface area contributed by atoms with E-state index in [-0.39, 0.29) is 6.10 Å². The summed E-state index contributed by atoms with van der Waals surface area (Å²) in [5, 5.41) is 9.03. The summed E-state index contributed by atoms with van der Waals surface area (Å²) in [6.45, 7) is 6.06. The summed E-state index contributed by atoms with van der Waals surface area (Å²) in [5.74, 6) is 0.881. The van der Waals surface area contributed by atoms with Crippen LogP contribution in [0.4, 0.5) is 5.13 Å². The first-order valence-electron chi connectivity index (χ1n) is 5.39. The summed E-state index contributed by atoms with van der Waals surface area (Å²) < 4.78 is 5.88. The number of benzene rings is 1. The van der Waals surface area contributed by atoms with Crippen LogP contribution in [-0.2, 0) is 0 Å². The van der Waals surface area contributed by atoms with E-state index in [1.165, 1.54) is 16.9 Å². The molecule has 5 heteroatoms. The van der Waals surface area contributed by atoms with Gasteiger partial charge in [0.1, 0.15) is 11.9 Å². The Morgan fingerprint density at radius 1 is 1.29 bits per heavy atom. The number of hydrogen-bond acceptors (Lipinski definition) is 5. The molecule has 0 aliphatic carbocycles. The minimum absolute atomic E-state index is 0.134. The molecule has 1 unspecified atom stereocenters. The number of nitrogens with two attached hydrogens (primary N) is 1. The van der Waals surface area contributed by atoms with Gasteiger partial charge in [0.25, 0.3) is 0 Å². The van der Waals surface area contributed by atoms with Crippen molar-refractivity contribution in [3.05, 3.63) is 34.3 Å². The first-order chi connectivity index (χ1) is 8.08. The molecule has 4 nitrogen and oxygen atoms in total. The fraction of sp³-hybridized carbons (Fsp3) is 0.333. The van der Waals surface area contributed by atoms with E-state index in [1.54, 1.807) is 0 Å². The number of ether oxygens (including phenoxy) is 1. The van der Waals surface area contributed by atoms with Gasteiger partial charge in [-0.15, -0.1) is 10.2 Å². The zero-order valence-electron chi connectivity index (χ0n) is 10.1. The van der Waals surface area contributed by atoms with Crippen LogP contribution in [0.3, 0.4) is 0 Å². The summed E-state index contributed by atoms with van der Waals surface area (Å²) in [4.78, 5) is 0. The van der Waals surface area contributed by atoms with E-state index in [9.17, 15) is 0 Å². The summed E-state index contributed by atoms with van der Waals surface area (Å²) in [6, 6.07) is 6.01. The van der Waals surface area contributed by atoms with Crippen LogP contribution in [0.2, 0.25) is 0 Å². The average molecular weight is 249 g/mol. The standard InChI is InChI=1S/C12H15N3OS/c1-7-5-4-6-10(8(7)2)16-9(3)11-14-15-12(13)17-11/h4-6,9H,1-3H3,(H2,13,15).